The fourth-order valence-corrected chi connectivity index (χ4v) is 1.10. The van der Waals surface area contributed by atoms with Gasteiger partial charge in [0.1, 0.15) is 11.8 Å². The predicted octanol–water partition coefficient (Wildman–Crippen LogP) is 2.05. The highest BCUT2D eigenvalue weighted by molar-refractivity contribution is 5.60. The number of alkyl halides is 2. The third kappa shape index (κ3) is 2.10. The zero-order chi connectivity index (χ0) is 10.7. The Hall–Kier alpha value is -1.83. The molecule has 0 aliphatic carbocycles. The van der Waals surface area contributed by atoms with Crippen LogP contribution in [0.25, 0.3) is 0 Å². The van der Waals surface area contributed by atoms with E-state index in [-0.39, 0.29) is 17.0 Å². The van der Waals surface area contributed by atoms with Crippen molar-refractivity contribution in [1.82, 2.24) is 0 Å². The van der Waals surface area contributed by atoms with Gasteiger partial charge in [-0.3, -0.25) is 0 Å². The first-order chi connectivity index (χ1) is 6.54. The van der Waals surface area contributed by atoms with E-state index in [0.29, 0.717) is 5.56 Å². The number of benzene rings is 1. The summed E-state index contributed by atoms with van der Waals surface area (Å²) in [4.78, 5) is 0. The smallest absolute Gasteiger partial charge is 0.387 e. The molecule has 0 aliphatic rings. The van der Waals surface area contributed by atoms with Crippen molar-refractivity contribution >= 4 is 5.69 Å². The Morgan fingerprint density at radius 3 is 2.57 bits per heavy atom. The molecule has 0 radical (unpaired) electrons. The molecule has 3 nitrogen and oxygen atoms in total. The van der Waals surface area contributed by atoms with Gasteiger partial charge in [0, 0.05) is 6.07 Å². The molecule has 1 rings (SSSR count). The quantitative estimate of drug-likeness (QED) is 0.740. The van der Waals surface area contributed by atoms with E-state index in [1.54, 1.807) is 6.92 Å². The second kappa shape index (κ2) is 3.92. The number of nitrogens with two attached hydrogens (primary N) is 1. The largest absolute Gasteiger partial charge is 0.435 e. The number of rotatable bonds is 2. The third-order valence-corrected chi connectivity index (χ3v) is 1.68. The zero-order valence-electron chi connectivity index (χ0n) is 7.42. The molecule has 0 aromatic heterocycles. The molecule has 0 unspecified atom stereocenters. The number of halogens is 2. The van der Waals surface area contributed by atoms with Crippen molar-refractivity contribution in [3.05, 3.63) is 23.3 Å². The first-order valence-electron chi connectivity index (χ1n) is 3.79. The average Bonchev–Trinajstić information content (AvgIpc) is 2.01. The molecule has 0 saturated heterocycles. The van der Waals surface area contributed by atoms with Gasteiger partial charge in [0.2, 0.25) is 0 Å². The summed E-state index contributed by atoms with van der Waals surface area (Å²) in [6, 6.07) is 4.43. The Kier molecular flexibility index (Phi) is 2.87. The second-order valence-corrected chi connectivity index (χ2v) is 2.69. The van der Waals surface area contributed by atoms with Gasteiger partial charge in [0.25, 0.3) is 0 Å². The number of nitrogen functional groups attached to an aromatic ring is 1. The van der Waals surface area contributed by atoms with Crippen LogP contribution in [0.5, 0.6) is 5.75 Å². The molecule has 0 heterocycles. The molecular formula is C9H8F2N2O. The Morgan fingerprint density at radius 2 is 2.14 bits per heavy atom. The number of anilines is 1. The molecule has 1 aromatic rings. The fraction of sp³-hybridized carbons (Fsp3) is 0.222. The highest BCUT2D eigenvalue weighted by atomic mass is 19.3. The molecule has 0 amide bonds. The number of nitriles is 1. The van der Waals surface area contributed by atoms with Gasteiger partial charge in [-0.25, -0.2) is 0 Å². The van der Waals surface area contributed by atoms with Gasteiger partial charge in [-0.05, 0) is 18.6 Å². The molecule has 0 spiro atoms. The van der Waals surface area contributed by atoms with Crippen molar-refractivity contribution in [2.75, 3.05) is 5.73 Å². The molecule has 0 atom stereocenters. The highest BCUT2D eigenvalue weighted by Crippen LogP contribution is 2.24. The van der Waals surface area contributed by atoms with Crippen LogP contribution in [-0.2, 0) is 0 Å². The van der Waals surface area contributed by atoms with Crippen molar-refractivity contribution in [2.24, 2.45) is 0 Å². The third-order valence-electron chi connectivity index (χ3n) is 1.68. The summed E-state index contributed by atoms with van der Waals surface area (Å²) in [5, 5.41) is 8.65. The minimum atomic E-state index is -2.89. The van der Waals surface area contributed by atoms with Gasteiger partial charge < -0.3 is 10.5 Å². The zero-order valence-corrected chi connectivity index (χ0v) is 7.42. The van der Waals surface area contributed by atoms with Gasteiger partial charge >= 0.3 is 6.61 Å². The minimum Gasteiger partial charge on any atom is -0.435 e. The molecule has 14 heavy (non-hydrogen) atoms. The number of ether oxygens (including phenoxy) is 1. The van der Waals surface area contributed by atoms with Crippen LogP contribution in [0, 0.1) is 18.3 Å². The lowest BCUT2D eigenvalue weighted by molar-refractivity contribution is -0.0498. The Bertz CT molecular complexity index is 362. The summed E-state index contributed by atoms with van der Waals surface area (Å²) in [6.45, 7) is -1.28. The lowest BCUT2D eigenvalue weighted by atomic mass is 10.1. The van der Waals surface area contributed by atoms with E-state index in [1.165, 1.54) is 12.1 Å². The van der Waals surface area contributed by atoms with Gasteiger partial charge in [0.15, 0.2) is 0 Å². The topological polar surface area (TPSA) is 59.0 Å². The number of hydrogen-bond acceptors (Lipinski definition) is 3. The molecule has 0 bridgehead atoms. The average molecular weight is 198 g/mol. The molecule has 74 valence electrons. The van der Waals surface area contributed by atoms with Crippen molar-refractivity contribution in [2.45, 2.75) is 13.5 Å². The van der Waals surface area contributed by atoms with E-state index in [2.05, 4.69) is 4.74 Å². The normalized spacial score (nSPS) is 9.93. The van der Waals surface area contributed by atoms with Crippen LogP contribution in [0.3, 0.4) is 0 Å². The monoisotopic (exact) mass is 198 g/mol. The van der Waals surface area contributed by atoms with Crippen molar-refractivity contribution in [3.8, 4) is 11.8 Å². The lowest BCUT2D eigenvalue weighted by Gasteiger charge is -2.08. The van der Waals surface area contributed by atoms with E-state index in [0.717, 1.165) is 0 Å². The highest BCUT2D eigenvalue weighted by Gasteiger charge is 2.09. The molecule has 1 aromatic carbocycles. The van der Waals surface area contributed by atoms with Crippen LogP contribution in [0.4, 0.5) is 14.5 Å². The lowest BCUT2D eigenvalue weighted by Crippen LogP contribution is -2.03. The summed E-state index contributed by atoms with van der Waals surface area (Å²) in [5.74, 6) is -0.0333. The van der Waals surface area contributed by atoms with E-state index < -0.39 is 6.61 Å². The van der Waals surface area contributed by atoms with Crippen LogP contribution in [-0.4, -0.2) is 6.61 Å². The molecule has 0 aliphatic heterocycles. The molecule has 2 N–H and O–H groups in total. The van der Waals surface area contributed by atoms with E-state index in [1.807, 2.05) is 6.07 Å². The maximum Gasteiger partial charge on any atom is 0.387 e. The van der Waals surface area contributed by atoms with Crippen LogP contribution in [0.15, 0.2) is 12.1 Å². The molecule has 0 saturated carbocycles. The minimum absolute atomic E-state index is 0.0333. The summed E-state index contributed by atoms with van der Waals surface area (Å²) in [6.07, 6.45) is 0. The summed E-state index contributed by atoms with van der Waals surface area (Å²) in [7, 11) is 0. The van der Waals surface area contributed by atoms with Gasteiger partial charge in [0.05, 0.1) is 11.3 Å². The van der Waals surface area contributed by atoms with E-state index in [9.17, 15) is 8.78 Å². The second-order valence-electron chi connectivity index (χ2n) is 2.69. The van der Waals surface area contributed by atoms with Gasteiger partial charge in [-0.2, -0.15) is 14.0 Å². The maximum atomic E-state index is 11.8. The van der Waals surface area contributed by atoms with Crippen molar-refractivity contribution in [1.29, 1.82) is 5.26 Å². The molecule has 0 fully saturated rings. The van der Waals surface area contributed by atoms with Crippen LogP contribution in [0.1, 0.15) is 11.1 Å². The van der Waals surface area contributed by atoms with E-state index >= 15 is 0 Å². The first-order valence-corrected chi connectivity index (χ1v) is 3.79. The number of hydrogen-bond donors (Lipinski definition) is 1. The molecule has 5 heteroatoms. The SMILES string of the molecule is Cc1cc(OC(F)F)cc(N)c1C#N. The van der Waals surface area contributed by atoms with Crippen molar-refractivity contribution in [3.63, 3.8) is 0 Å². The maximum absolute atomic E-state index is 11.8. The number of aryl methyl sites for hydroxylation is 1. The Morgan fingerprint density at radius 1 is 1.50 bits per heavy atom. The standard InChI is InChI=1S/C9H8F2N2O/c1-5-2-6(14-9(10)11)3-8(13)7(5)4-12/h2-3,9H,13H2,1H3. The van der Waals surface area contributed by atoms with E-state index in [4.69, 9.17) is 11.0 Å². The van der Waals surface area contributed by atoms with Crippen LogP contribution >= 0.6 is 0 Å². The number of nitrogens with zero attached hydrogens (tertiary/aromatic N) is 1. The van der Waals surface area contributed by atoms with Crippen LogP contribution < -0.4 is 10.5 Å². The summed E-state index contributed by atoms with van der Waals surface area (Å²) < 4.78 is 27.8. The van der Waals surface area contributed by atoms with Crippen LogP contribution in [0.2, 0.25) is 0 Å². The molecular weight excluding hydrogens is 190 g/mol. The van der Waals surface area contributed by atoms with Gasteiger partial charge in [-0.15, -0.1) is 0 Å². The predicted molar refractivity (Wildman–Crippen MR) is 46.9 cm³/mol. The van der Waals surface area contributed by atoms with Gasteiger partial charge in [-0.1, -0.05) is 0 Å². The van der Waals surface area contributed by atoms with Crippen molar-refractivity contribution < 1.29 is 13.5 Å². The summed E-state index contributed by atoms with van der Waals surface area (Å²) >= 11 is 0. The first kappa shape index (κ1) is 10.3. The summed E-state index contributed by atoms with van der Waals surface area (Å²) in [5.41, 5.74) is 6.40. The Balaban J connectivity index is 3.09. The fourth-order valence-electron chi connectivity index (χ4n) is 1.10. The Labute approximate surface area is 79.7 Å².